The van der Waals surface area contributed by atoms with Gasteiger partial charge in [-0.3, -0.25) is 18.9 Å². The topological polar surface area (TPSA) is 128 Å². The van der Waals surface area contributed by atoms with Crippen LogP contribution in [0.25, 0.3) is 0 Å². The lowest BCUT2D eigenvalue weighted by molar-refractivity contribution is -0.870. The number of phosphoric acid groups is 1. The summed E-state index contributed by atoms with van der Waals surface area (Å²) >= 11 is 0. The fraction of sp³-hybridized carbons (Fsp3) is 0.825. The molecule has 0 aromatic heterocycles. The molecule has 51 heavy (non-hydrogen) atoms. The molecule has 0 aromatic carbocycles. The first-order valence-electron chi connectivity index (χ1n) is 20.0. The SMILES string of the molecule is CCCCC/C=C\C=C\C(=O)CCCCCCCC(=O)O[C@H](COC(=O)CCCCCCCCCCCCC)COP(=O)([O-])OCC[N+](C)(C)C. The van der Waals surface area contributed by atoms with Crippen molar-refractivity contribution < 1.29 is 46.8 Å². The van der Waals surface area contributed by atoms with E-state index >= 15 is 0 Å². The highest BCUT2D eigenvalue weighted by Crippen LogP contribution is 2.38. The number of phosphoric ester groups is 1. The van der Waals surface area contributed by atoms with Crippen LogP contribution in [0.2, 0.25) is 0 Å². The first-order chi connectivity index (χ1) is 24.4. The van der Waals surface area contributed by atoms with Crippen molar-refractivity contribution in [1.82, 2.24) is 0 Å². The van der Waals surface area contributed by atoms with E-state index in [-0.39, 0.29) is 31.8 Å². The summed E-state index contributed by atoms with van der Waals surface area (Å²) in [6.07, 6.45) is 28.8. The standard InChI is InChI=1S/C40H74NO9P/c1-6-8-10-12-14-15-16-17-19-23-27-31-39(43)47-35-38(36-49-51(45,46)48-34-33-41(3,4)5)50-40(44)32-28-24-20-22-26-30-37(42)29-25-21-18-13-11-9-7-2/h18,21,25,29,38H,6-17,19-20,22-24,26-28,30-36H2,1-5H3/b21-18-,29-25+/t38-/m1/s1. The highest BCUT2D eigenvalue weighted by Gasteiger charge is 2.21. The van der Waals surface area contributed by atoms with Gasteiger partial charge in [-0.2, -0.15) is 0 Å². The van der Waals surface area contributed by atoms with Gasteiger partial charge in [-0.25, -0.2) is 0 Å². The number of ketones is 1. The number of likely N-dealkylation sites (N-methyl/N-ethyl adjacent to an activating group) is 1. The molecule has 0 fully saturated rings. The van der Waals surface area contributed by atoms with Crippen LogP contribution in [0.15, 0.2) is 24.3 Å². The second-order valence-corrected chi connectivity index (χ2v) is 16.1. The van der Waals surface area contributed by atoms with Gasteiger partial charge >= 0.3 is 11.9 Å². The number of rotatable bonds is 36. The van der Waals surface area contributed by atoms with Crippen LogP contribution in [0.1, 0.15) is 162 Å². The third kappa shape index (κ3) is 36.3. The quantitative estimate of drug-likeness (QED) is 0.0154. The smallest absolute Gasteiger partial charge is 0.306 e. The summed E-state index contributed by atoms with van der Waals surface area (Å²) in [4.78, 5) is 49.4. The summed E-state index contributed by atoms with van der Waals surface area (Å²) in [5, 5.41) is 0. The van der Waals surface area contributed by atoms with Gasteiger partial charge in [0.05, 0.1) is 27.7 Å². The van der Waals surface area contributed by atoms with Crippen molar-refractivity contribution in [2.24, 2.45) is 0 Å². The number of nitrogens with zero attached hydrogens (tertiary/aromatic N) is 1. The Morgan fingerprint density at radius 3 is 1.73 bits per heavy atom. The Labute approximate surface area is 311 Å². The van der Waals surface area contributed by atoms with Gasteiger partial charge in [-0.1, -0.05) is 128 Å². The first kappa shape index (κ1) is 49.2. The molecule has 2 atom stereocenters. The fourth-order valence-corrected chi connectivity index (χ4v) is 5.95. The predicted octanol–water partition coefficient (Wildman–Crippen LogP) is 9.34. The Balaban J connectivity index is 4.51. The zero-order valence-corrected chi connectivity index (χ0v) is 33.9. The van der Waals surface area contributed by atoms with Crippen LogP contribution in [0.3, 0.4) is 0 Å². The minimum absolute atomic E-state index is 0.0515. The van der Waals surface area contributed by atoms with Crippen LogP contribution in [0, 0.1) is 0 Å². The Hall–Kier alpha value is -1.84. The molecule has 0 heterocycles. The number of quaternary nitrogens is 1. The van der Waals surface area contributed by atoms with Crippen molar-refractivity contribution in [3.05, 3.63) is 24.3 Å². The third-order valence-electron chi connectivity index (χ3n) is 8.45. The van der Waals surface area contributed by atoms with Crippen molar-refractivity contribution in [2.75, 3.05) is 47.5 Å². The van der Waals surface area contributed by atoms with Crippen molar-refractivity contribution in [1.29, 1.82) is 0 Å². The lowest BCUT2D eigenvalue weighted by Crippen LogP contribution is -2.37. The summed E-state index contributed by atoms with van der Waals surface area (Å²) < 4.78 is 33.7. The van der Waals surface area contributed by atoms with E-state index in [9.17, 15) is 23.8 Å². The molecule has 11 heteroatoms. The van der Waals surface area contributed by atoms with Crippen LogP contribution >= 0.6 is 7.82 Å². The lowest BCUT2D eigenvalue weighted by atomic mass is 10.1. The van der Waals surface area contributed by atoms with E-state index in [1.165, 1.54) is 70.6 Å². The summed E-state index contributed by atoms with van der Waals surface area (Å²) in [5.41, 5.74) is 0. The average Bonchev–Trinajstić information content (AvgIpc) is 3.06. The molecule has 298 valence electrons. The molecule has 0 saturated heterocycles. The summed E-state index contributed by atoms with van der Waals surface area (Å²) in [6.45, 7) is 4.01. The molecule has 0 aliphatic heterocycles. The molecule has 0 aromatic rings. The molecule has 10 nitrogen and oxygen atoms in total. The highest BCUT2D eigenvalue weighted by molar-refractivity contribution is 7.45. The number of ether oxygens (including phenoxy) is 2. The van der Waals surface area contributed by atoms with Crippen LogP contribution in [-0.2, 0) is 37.5 Å². The van der Waals surface area contributed by atoms with E-state index in [4.69, 9.17) is 18.5 Å². The number of hydrogen-bond donors (Lipinski definition) is 0. The first-order valence-corrected chi connectivity index (χ1v) is 21.5. The highest BCUT2D eigenvalue weighted by atomic mass is 31.2. The number of carbonyl (C=O) groups excluding carboxylic acids is 3. The van der Waals surface area contributed by atoms with E-state index < -0.39 is 32.5 Å². The number of unbranched alkanes of at least 4 members (excludes halogenated alkanes) is 17. The summed E-state index contributed by atoms with van der Waals surface area (Å²) in [7, 11) is 1.09. The Morgan fingerprint density at radius 1 is 0.647 bits per heavy atom. The Bertz CT molecular complexity index is 993. The average molecular weight is 744 g/mol. The number of hydrogen-bond acceptors (Lipinski definition) is 9. The maximum atomic E-state index is 12.6. The lowest BCUT2D eigenvalue weighted by Gasteiger charge is -2.28. The van der Waals surface area contributed by atoms with Crippen LogP contribution in [-0.4, -0.2) is 75.8 Å². The molecule has 0 rings (SSSR count). The minimum Gasteiger partial charge on any atom is -0.756 e. The van der Waals surface area contributed by atoms with Crippen LogP contribution in [0.4, 0.5) is 0 Å². The van der Waals surface area contributed by atoms with Gasteiger partial charge in [0.2, 0.25) is 0 Å². The molecule has 1 unspecified atom stereocenters. The molecule has 0 aliphatic rings. The van der Waals surface area contributed by atoms with Gasteiger partial charge in [0.25, 0.3) is 7.82 Å². The molecular formula is C40H74NO9P. The fourth-order valence-electron chi connectivity index (χ4n) is 5.22. The van der Waals surface area contributed by atoms with Gasteiger partial charge in [0.15, 0.2) is 11.9 Å². The molecule has 0 saturated carbocycles. The molecule has 0 N–H and O–H groups in total. The summed E-state index contributed by atoms with van der Waals surface area (Å²) in [6, 6.07) is 0. The van der Waals surface area contributed by atoms with Gasteiger partial charge in [-0.15, -0.1) is 0 Å². The molecule has 0 amide bonds. The number of carbonyl (C=O) groups is 3. The molecule has 0 spiro atoms. The maximum Gasteiger partial charge on any atom is 0.306 e. The maximum absolute atomic E-state index is 12.6. The molecular weight excluding hydrogens is 669 g/mol. The van der Waals surface area contributed by atoms with E-state index in [1.807, 2.05) is 33.3 Å². The number of esters is 2. The van der Waals surface area contributed by atoms with Gasteiger partial charge in [0.1, 0.15) is 19.8 Å². The molecule has 0 bridgehead atoms. The van der Waals surface area contributed by atoms with E-state index in [2.05, 4.69) is 19.9 Å². The normalized spacial score (nSPS) is 13.8. The zero-order chi connectivity index (χ0) is 38.1. The zero-order valence-electron chi connectivity index (χ0n) is 33.0. The van der Waals surface area contributed by atoms with E-state index in [1.54, 1.807) is 6.08 Å². The van der Waals surface area contributed by atoms with Crippen molar-refractivity contribution in [3.63, 3.8) is 0 Å². The minimum atomic E-state index is -4.65. The third-order valence-corrected chi connectivity index (χ3v) is 9.41. The second kappa shape index (κ2) is 32.8. The van der Waals surface area contributed by atoms with Gasteiger partial charge in [-0.05, 0) is 38.2 Å². The predicted molar refractivity (Wildman–Crippen MR) is 204 cm³/mol. The van der Waals surface area contributed by atoms with Crippen molar-refractivity contribution in [2.45, 2.75) is 168 Å². The largest absolute Gasteiger partial charge is 0.756 e. The van der Waals surface area contributed by atoms with Crippen LogP contribution in [0.5, 0.6) is 0 Å². The summed E-state index contributed by atoms with van der Waals surface area (Å²) in [5.74, 6) is -0.810. The number of allylic oxidation sites excluding steroid dienone is 4. The van der Waals surface area contributed by atoms with Gasteiger partial charge < -0.3 is 27.9 Å². The molecule has 0 aliphatic carbocycles. The second-order valence-electron chi connectivity index (χ2n) is 14.7. The van der Waals surface area contributed by atoms with E-state index in [0.717, 1.165) is 44.9 Å². The molecule has 0 radical (unpaired) electrons. The van der Waals surface area contributed by atoms with Crippen LogP contribution < -0.4 is 4.89 Å². The van der Waals surface area contributed by atoms with E-state index in [0.29, 0.717) is 30.3 Å². The van der Waals surface area contributed by atoms with Crippen molar-refractivity contribution in [3.8, 4) is 0 Å². The monoisotopic (exact) mass is 744 g/mol. The van der Waals surface area contributed by atoms with Crippen molar-refractivity contribution >= 4 is 25.5 Å². The Morgan fingerprint density at radius 2 is 1.16 bits per heavy atom. The Kier molecular flexibility index (Phi) is 31.6. The van der Waals surface area contributed by atoms with Gasteiger partial charge in [0, 0.05) is 19.3 Å².